The number of likely N-dealkylation sites (tertiary alicyclic amines) is 1. The standard InChI is InChI=1S/C50H61F3N12O4/c1-3-40(46-56-54-33-57(46)2)36-5-4-6-39(26-36)63-32-44-42(50(51,52)53)25-35(30-65(44)49(63)69)29-60-19-17-59(18-20-60)16-15-58-13-11-34(12-14-58)28-61-21-23-62(24-22-61)38-7-8-41-37(27-38)31-64(48(41)68)43-9-10-45(66)55-47(43)67/h4-8,25-27,30,32-34,40,43H,3,9-24,28-29,31H2,1-2H3,(H,55,66,67)/t40-,43-/m1/s1. The van der Waals surface area contributed by atoms with E-state index in [1.165, 1.54) is 29.7 Å². The quantitative estimate of drug-likeness (QED) is 0.170. The van der Waals surface area contributed by atoms with E-state index in [1.54, 1.807) is 23.5 Å². The van der Waals surface area contributed by atoms with Crippen LogP contribution in [0.2, 0.25) is 0 Å². The van der Waals surface area contributed by atoms with Gasteiger partial charge in [0.1, 0.15) is 18.2 Å². The fourth-order valence-electron chi connectivity index (χ4n) is 11.2. The lowest BCUT2D eigenvalue weighted by molar-refractivity contribution is -0.137. The number of anilines is 1. The largest absolute Gasteiger partial charge is 0.418 e. The number of aryl methyl sites for hydroxylation is 1. The van der Waals surface area contributed by atoms with E-state index in [1.807, 2.05) is 48.9 Å². The molecule has 1 N–H and O–H groups in total. The average Bonchev–Trinajstić information content (AvgIpc) is 4.02. The number of carbonyl (C=O) groups excluding carboxylic acids is 3. The van der Waals surface area contributed by atoms with Gasteiger partial charge in [0.2, 0.25) is 11.8 Å². The summed E-state index contributed by atoms with van der Waals surface area (Å²) >= 11 is 0. The molecule has 0 radical (unpaired) electrons. The van der Waals surface area contributed by atoms with E-state index in [4.69, 9.17) is 0 Å². The van der Waals surface area contributed by atoms with E-state index < -0.39 is 29.4 Å². The van der Waals surface area contributed by atoms with Gasteiger partial charge in [-0.1, -0.05) is 19.1 Å². The third-order valence-corrected chi connectivity index (χ3v) is 15.2. The number of alkyl halides is 3. The summed E-state index contributed by atoms with van der Waals surface area (Å²) in [5.74, 6) is 0.503. The molecule has 3 amide bonds. The summed E-state index contributed by atoms with van der Waals surface area (Å²) < 4.78 is 48.2. The summed E-state index contributed by atoms with van der Waals surface area (Å²) in [4.78, 5) is 64.9. The van der Waals surface area contributed by atoms with Crippen molar-refractivity contribution in [3.63, 3.8) is 0 Å². The van der Waals surface area contributed by atoms with Gasteiger partial charge >= 0.3 is 11.9 Å². The second kappa shape index (κ2) is 19.5. The minimum atomic E-state index is -4.65. The highest BCUT2D eigenvalue weighted by Gasteiger charge is 2.40. The number of benzene rings is 2. The molecule has 2 aromatic carbocycles. The fourth-order valence-corrected chi connectivity index (χ4v) is 11.2. The van der Waals surface area contributed by atoms with E-state index in [-0.39, 0.29) is 29.7 Å². The number of pyridine rings is 1. The number of carbonyl (C=O) groups is 3. The van der Waals surface area contributed by atoms with Gasteiger partial charge in [0.25, 0.3) is 5.91 Å². The molecule has 2 atom stereocenters. The SMILES string of the molecule is CC[C@H](c1cccc(-n2cc3c(C(F)(F)F)cc(CN4CCN(CCN5CCC(CN6CCN(c7ccc8c(c7)CN([C@@H]7CCC(=O)NC7=O)C8=O)CC6)CC5)CC4)cn3c2=O)c1)c1nncn1C. The van der Waals surface area contributed by atoms with Gasteiger partial charge in [-0.3, -0.25) is 43.4 Å². The third kappa shape index (κ3) is 9.83. The zero-order chi connectivity index (χ0) is 48.0. The van der Waals surface area contributed by atoms with E-state index in [9.17, 15) is 32.3 Å². The van der Waals surface area contributed by atoms with Crippen molar-refractivity contribution in [1.29, 1.82) is 0 Å². The van der Waals surface area contributed by atoms with Crippen LogP contribution in [0.3, 0.4) is 0 Å². The molecule has 0 bridgehead atoms. The Bertz CT molecular complexity index is 2760. The number of nitrogens with one attached hydrogen (secondary N) is 1. The van der Waals surface area contributed by atoms with Gasteiger partial charge in [0.15, 0.2) is 0 Å². The Kier molecular flexibility index (Phi) is 13.2. The highest BCUT2D eigenvalue weighted by molar-refractivity contribution is 6.05. The van der Waals surface area contributed by atoms with Gasteiger partial charge < -0.3 is 19.3 Å². The molecule has 366 valence electrons. The van der Waals surface area contributed by atoms with E-state index in [0.29, 0.717) is 42.2 Å². The summed E-state index contributed by atoms with van der Waals surface area (Å²) in [6, 6.07) is 13.9. The van der Waals surface area contributed by atoms with Gasteiger partial charge in [0.05, 0.1) is 16.8 Å². The zero-order valence-electron chi connectivity index (χ0n) is 39.4. The number of piperazine rings is 2. The Hall–Kier alpha value is -5.89. The fraction of sp³-hybridized carbons (Fsp3) is 0.520. The molecule has 69 heavy (non-hydrogen) atoms. The molecule has 5 aromatic rings. The van der Waals surface area contributed by atoms with Crippen LogP contribution in [-0.4, -0.2) is 157 Å². The summed E-state index contributed by atoms with van der Waals surface area (Å²) in [5.41, 5.74) is 2.96. The number of aromatic nitrogens is 5. The molecule has 16 nitrogen and oxygen atoms in total. The van der Waals surface area contributed by atoms with Gasteiger partial charge in [0, 0.05) is 128 Å². The molecule has 10 rings (SSSR count). The average molecular weight is 951 g/mol. The lowest BCUT2D eigenvalue weighted by Crippen LogP contribution is -2.52. The Balaban J connectivity index is 0.672. The molecule has 19 heteroatoms. The first kappa shape index (κ1) is 46.8. The number of imidazole rings is 1. The molecule has 4 fully saturated rings. The van der Waals surface area contributed by atoms with Gasteiger partial charge in [-0.2, -0.15) is 13.2 Å². The Morgan fingerprint density at radius 1 is 0.797 bits per heavy atom. The van der Waals surface area contributed by atoms with Crippen LogP contribution in [0.15, 0.2) is 72.0 Å². The highest BCUT2D eigenvalue weighted by atomic mass is 19.4. The smallest absolute Gasteiger partial charge is 0.369 e. The molecular formula is C50H61F3N12O4. The van der Waals surface area contributed by atoms with Crippen LogP contribution in [0.4, 0.5) is 18.9 Å². The van der Waals surface area contributed by atoms with Crippen LogP contribution in [-0.2, 0) is 35.9 Å². The normalized spacial score (nSPS) is 21.1. The minimum Gasteiger partial charge on any atom is -0.369 e. The van der Waals surface area contributed by atoms with E-state index in [0.717, 1.165) is 119 Å². The third-order valence-electron chi connectivity index (χ3n) is 15.2. The predicted octanol–water partition coefficient (Wildman–Crippen LogP) is 4.19. The maximum absolute atomic E-state index is 14.6. The van der Waals surface area contributed by atoms with E-state index in [2.05, 4.69) is 46.1 Å². The number of rotatable bonds is 13. The van der Waals surface area contributed by atoms with Crippen molar-refractivity contribution in [1.82, 2.24) is 53.5 Å². The van der Waals surface area contributed by atoms with Crippen molar-refractivity contribution in [2.75, 3.05) is 90.0 Å². The second-order valence-corrected chi connectivity index (χ2v) is 19.6. The van der Waals surface area contributed by atoms with Gasteiger partial charge in [-0.25, -0.2) is 4.79 Å². The van der Waals surface area contributed by atoms with Crippen LogP contribution in [0.1, 0.15) is 83.4 Å². The molecule has 5 aliphatic rings. The molecule has 5 aliphatic heterocycles. The van der Waals surface area contributed by atoms with Crippen LogP contribution in [0.5, 0.6) is 0 Å². The zero-order valence-corrected chi connectivity index (χ0v) is 39.4. The number of nitrogens with zero attached hydrogens (tertiary/aromatic N) is 11. The minimum absolute atomic E-state index is 0.0982. The van der Waals surface area contributed by atoms with Crippen LogP contribution < -0.4 is 15.9 Å². The molecule has 0 unspecified atom stereocenters. The van der Waals surface area contributed by atoms with Crippen molar-refractivity contribution in [2.45, 2.75) is 70.3 Å². The van der Waals surface area contributed by atoms with Crippen molar-refractivity contribution in [3.8, 4) is 5.69 Å². The molecular weight excluding hydrogens is 890 g/mol. The Morgan fingerprint density at radius 3 is 2.22 bits per heavy atom. The highest BCUT2D eigenvalue weighted by Crippen LogP contribution is 2.35. The summed E-state index contributed by atoms with van der Waals surface area (Å²) in [7, 11) is 1.87. The van der Waals surface area contributed by atoms with E-state index >= 15 is 0 Å². The van der Waals surface area contributed by atoms with Crippen LogP contribution in [0, 0.1) is 5.92 Å². The number of halogens is 3. The molecule has 4 saturated heterocycles. The lowest BCUT2D eigenvalue weighted by atomic mass is 9.95. The van der Waals surface area contributed by atoms with Crippen LogP contribution in [0.25, 0.3) is 11.2 Å². The first-order chi connectivity index (χ1) is 33.3. The lowest BCUT2D eigenvalue weighted by Gasteiger charge is -2.40. The van der Waals surface area contributed by atoms with Gasteiger partial charge in [-0.15, -0.1) is 10.2 Å². The van der Waals surface area contributed by atoms with Crippen molar-refractivity contribution >= 4 is 28.9 Å². The van der Waals surface area contributed by atoms with Crippen molar-refractivity contribution < 1.29 is 27.6 Å². The summed E-state index contributed by atoms with van der Waals surface area (Å²) in [5, 5.41) is 10.7. The maximum Gasteiger partial charge on any atom is 0.418 e. The first-order valence-corrected chi connectivity index (χ1v) is 24.5. The Labute approximate surface area is 399 Å². The molecule has 3 aromatic heterocycles. The summed E-state index contributed by atoms with van der Waals surface area (Å²) in [6.07, 6.45) is 3.52. The maximum atomic E-state index is 14.6. The topological polar surface area (TPSA) is 140 Å². The Morgan fingerprint density at radius 2 is 1.52 bits per heavy atom. The molecule has 0 spiro atoms. The first-order valence-electron chi connectivity index (χ1n) is 24.5. The number of piperidine rings is 2. The van der Waals surface area contributed by atoms with Gasteiger partial charge in [-0.05, 0) is 97.8 Å². The van der Waals surface area contributed by atoms with Crippen molar-refractivity contribution in [3.05, 3.63) is 111 Å². The molecule has 8 heterocycles. The summed E-state index contributed by atoms with van der Waals surface area (Å²) in [6.45, 7) is 14.9. The number of imide groups is 1. The second-order valence-electron chi connectivity index (χ2n) is 19.6. The molecule has 0 saturated carbocycles. The van der Waals surface area contributed by atoms with Crippen molar-refractivity contribution in [2.24, 2.45) is 13.0 Å². The monoisotopic (exact) mass is 950 g/mol. The molecule has 0 aliphatic carbocycles. The van der Waals surface area contributed by atoms with Crippen LogP contribution >= 0.6 is 0 Å². The number of fused-ring (bicyclic) bond motifs is 2. The number of hydrogen-bond acceptors (Lipinski definition) is 11. The number of amides is 3. The number of hydrogen-bond donors (Lipinski definition) is 1. The predicted molar refractivity (Wildman–Crippen MR) is 253 cm³/mol.